The van der Waals surface area contributed by atoms with Crippen LogP contribution in [0.25, 0.3) is 6.08 Å². The Bertz CT molecular complexity index is 1030. The number of rotatable bonds is 5. The lowest BCUT2D eigenvalue weighted by atomic mass is 10.2. The van der Waals surface area contributed by atoms with E-state index >= 15 is 0 Å². The van der Waals surface area contributed by atoms with Crippen LogP contribution < -0.4 is 0 Å². The molecule has 0 bridgehead atoms. The van der Waals surface area contributed by atoms with E-state index in [0.717, 1.165) is 21.8 Å². The van der Waals surface area contributed by atoms with Crippen LogP contribution in [0.1, 0.15) is 5.56 Å². The highest BCUT2D eigenvalue weighted by Crippen LogP contribution is 2.33. The number of halogens is 1. The number of sulfonamides is 1. The molecule has 138 valence electrons. The summed E-state index contributed by atoms with van der Waals surface area (Å²) in [6, 6.07) is 15.5. The first kappa shape index (κ1) is 19.6. The van der Waals surface area contributed by atoms with Crippen molar-refractivity contribution < 1.29 is 13.2 Å². The maximum atomic E-state index is 12.7. The average Bonchev–Trinajstić information content (AvgIpc) is 2.91. The predicted molar refractivity (Wildman–Crippen MR) is 113 cm³/mol. The largest absolute Gasteiger partial charge is 0.284 e. The Hall–Kier alpha value is -2.16. The van der Waals surface area contributed by atoms with Crippen molar-refractivity contribution in [3.8, 4) is 0 Å². The van der Waals surface area contributed by atoms with Crippen LogP contribution in [0.4, 0.5) is 0 Å². The van der Waals surface area contributed by atoms with Gasteiger partial charge in [0.1, 0.15) is 0 Å². The molecular formula is C19H15BrN2O3S2. The third-order valence-corrected chi connectivity index (χ3v) is 6.54. The van der Waals surface area contributed by atoms with Gasteiger partial charge in [-0.25, -0.2) is 0 Å². The molecule has 0 spiro atoms. The van der Waals surface area contributed by atoms with Crippen LogP contribution >= 0.6 is 27.7 Å². The molecule has 5 nitrogen and oxygen atoms in total. The molecule has 1 heterocycles. The van der Waals surface area contributed by atoms with Gasteiger partial charge in [0.2, 0.25) is 0 Å². The highest BCUT2D eigenvalue weighted by molar-refractivity contribution is 9.10. The molecule has 0 radical (unpaired) electrons. The molecule has 0 unspecified atom stereocenters. The summed E-state index contributed by atoms with van der Waals surface area (Å²) in [6.45, 7) is 3.81. The molecule has 3 rings (SSSR count). The Morgan fingerprint density at radius 3 is 2.41 bits per heavy atom. The number of thioether (sulfide) groups is 1. The van der Waals surface area contributed by atoms with Crippen molar-refractivity contribution in [1.82, 2.24) is 4.90 Å². The first-order valence-electron chi connectivity index (χ1n) is 7.88. The van der Waals surface area contributed by atoms with Gasteiger partial charge in [-0.05, 0) is 47.7 Å². The number of hydrogen-bond donors (Lipinski definition) is 0. The molecule has 1 aliphatic heterocycles. The first-order valence-corrected chi connectivity index (χ1v) is 10.9. The summed E-state index contributed by atoms with van der Waals surface area (Å²) >= 11 is 4.31. The van der Waals surface area contributed by atoms with Gasteiger partial charge in [-0.2, -0.15) is 8.42 Å². The molecule has 1 fully saturated rings. The number of carbonyl (C=O) groups is 1. The topological polar surface area (TPSA) is 66.8 Å². The van der Waals surface area contributed by atoms with E-state index in [9.17, 15) is 13.2 Å². The minimum Gasteiger partial charge on any atom is -0.282 e. The third-order valence-electron chi connectivity index (χ3n) is 3.61. The zero-order valence-electron chi connectivity index (χ0n) is 14.1. The summed E-state index contributed by atoms with van der Waals surface area (Å²) in [4.78, 5) is 14.5. The van der Waals surface area contributed by atoms with Crippen molar-refractivity contribution >= 4 is 54.9 Å². The smallest absolute Gasteiger partial charge is 0.282 e. The van der Waals surface area contributed by atoms with Crippen LogP contribution in [0.15, 0.2) is 85.9 Å². The van der Waals surface area contributed by atoms with Gasteiger partial charge in [-0.15, -0.1) is 11.0 Å². The van der Waals surface area contributed by atoms with Crippen molar-refractivity contribution in [2.45, 2.75) is 4.90 Å². The maximum absolute atomic E-state index is 12.7. The number of benzene rings is 2. The molecule has 2 aromatic rings. The Balaban J connectivity index is 1.99. The second kappa shape index (κ2) is 8.24. The fourth-order valence-corrected chi connectivity index (χ4v) is 4.78. The monoisotopic (exact) mass is 462 g/mol. The maximum Gasteiger partial charge on any atom is 0.284 e. The molecule has 0 aliphatic carbocycles. The Morgan fingerprint density at radius 2 is 1.78 bits per heavy atom. The molecule has 2 aromatic carbocycles. The second-order valence-corrected chi connectivity index (χ2v) is 9.06. The molecule has 1 saturated heterocycles. The number of amidine groups is 1. The van der Waals surface area contributed by atoms with Crippen molar-refractivity contribution in [2.24, 2.45) is 4.40 Å². The molecule has 27 heavy (non-hydrogen) atoms. The minimum atomic E-state index is -3.94. The van der Waals surface area contributed by atoms with E-state index in [4.69, 9.17) is 0 Å². The van der Waals surface area contributed by atoms with Crippen molar-refractivity contribution in [3.05, 3.63) is 82.2 Å². The summed E-state index contributed by atoms with van der Waals surface area (Å²) in [5, 5.41) is 0.116. The summed E-state index contributed by atoms with van der Waals surface area (Å²) in [5.74, 6) is -0.298. The average molecular weight is 463 g/mol. The van der Waals surface area contributed by atoms with Gasteiger partial charge in [0.05, 0.1) is 9.80 Å². The molecule has 1 aliphatic rings. The normalized spacial score (nSPS) is 17.7. The molecule has 0 atom stereocenters. The second-order valence-electron chi connectivity index (χ2n) is 5.53. The van der Waals surface area contributed by atoms with Crippen LogP contribution in [-0.4, -0.2) is 30.9 Å². The summed E-state index contributed by atoms with van der Waals surface area (Å²) < 4.78 is 29.9. The third kappa shape index (κ3) is 4.58. The lowest BCUT2D eigenvalue weighted by Crippen LogP contribution is -2.29. The van der Waals surface area contributed by atoms with Crippen molar-refractivity contribution in [3.63, 3.8) is 0 Å². The van der Waals surface area contributed by atoms with Crippen molar-refractivity contribution in [1.29, 1.82) is 0 Å². The highest BCUT2D eigenvalue weighted by atomic mass is 79.9. The fourth-order valence-electron chi connectivity index (χ4n) is 2.33. The summed E-state index contributed by atoms with van der Waals surface area (Å²) in [6.07, 6.45) is 3.25. The first-order chi connectivity index (χ1) is 12.9. The van der Waals surface area contributed by atoms with Crippen LogP contribution in [0.3, 0.4) is 0 Å². The molecule has 8 heteroatoms. The van der Waals surface area contributed by atoms with E-state index in [2.05, 4.69) is 26.9 Å². The van der Waals surface area contributed by atoms with Crippen LogP contribution in [0.2, 0.25) is 0 Å². The van der Waals surface area contributed by atoms with Gasteiger partial charge >= 0.3 is 0 Å². The van der Waals surface area contributed by atoms with Crippen LogP contribution in [-0.2, 0) is 14.8 Å². The molecule has 1 amide bonds. The van der Waals surface area contributed by atoms with E-state index in [1.807, 2.05) is 30.3 Å². The SMILES string of the molecule is C=CCN1C(=O)C(=Cc2ccccc2)SC1=NS(=O)(=O)c1ccc(Br)cc1. The quantitative estimate of drug-likeness (QED) is 0.490. The van der Waals surface area contributed by atoms with Gasteiger partial charge in [0, 0.05) is 11.0 Å². The Labute approximate surface area is 170 Å². The van der Waals surface area contributed by atoms with Gasteiger partial charge < -0.3 is 0 Å². The van der Waals surface area contributed by atoms with Gasteiger partial charge in [0.15, 0.2) is 5.17 Å². The number of hydrogen-bond acceptors (Lipinski definition) is 4. The zero-order valence-corrected chi connectivity index (χ0v) is 17.3. The number of carbonyl (C=O) groups excluding carboxylic acids is 1. The Kier molecular flexibility index (Phi) is 5.98. The van der Waals surface area contributed by atoms with E-state index in [-0.39, 0.29) is 22.5 Å². The molecule has 0 aromatic heterocycles. The molecule has 0 N–H and O–H groups in total. The highest BCUT2D eigenvalue weighted by Gasteiger charge is 2.34. The number of amides is 1. The van der Waals surface area contributed by atoms with Crippen LogP contribution in [0, 0.1) is 0 Å². The predicted octanol–water partition coefficient (Wildman–Crippen LogP) is 4.30. The minimum absolute atomic E-state index is 0.0605. The fraction of sp³-hybridized carbons (Fsp3) is 0.0526. The number of nitrogens with zero attached hydrogens (tertiary/aromatic N) is 2. The van der Waals surface area contributed by atoms with Crippen LogP contribution in [0.5, 0.6) is 0 Å². The standard InChI is InChI=1S/C19H15BrN2O3S2/c1-2-12-22-18(23)17(13-14-6-4-3-5-7-14)26-19(22)21-27(24,25)16-10-8-15(20)9-11-16/h2-11,13H,1,12H2. The van der Waals surface area contributed by atoms with E-state index < -0.39 is 10.0 Å². The lowest BCUT2D eigenvalue weighted by Gasteiger charge is -2.12. The van der Waals surface area contributed by atoms with E-state index in [0.29, 0.717) is 4.91 Å². The Morgan fingerprint density at radius 1 is 1.11 bits per heavy atom. The summed E-state index contributed by atoms with van der Waals surface area (Å²) in [5.41, 5.74) is 0.851. The van der Waals surface area contributed by atoms with Crippen molar-refractivity contribution in [2.75, 3.05) is 6.54 Å². The van der Waals surface area contributed by atoms with E-state index in [1.165, 1.54) is 23.1 Å². The van der Waals surface area contributed by atoms with Gasteiger partial charge in [-0.1, -0.05) is 52.3 Å². The van der Waals surface area contributed by atoms with Gasteiger partial charge in [-0.3, -0.25) is 9.69 Å². The molecular weight excluding hydrogens is 448 g/mol. The zero-order chi connectivity index (χ0) is 19.4. The van der Waals surface area contributed by atoms with Gasteiger partial charge in [0.25, 0.3) is 15.9 Å². The lowest BCUT2D eigenvalue weighted by molar-refractivity contribution is -0.121. The van der Waals surface area contributed by atoms with E-state index in [1.54, 1.807) is 18.2 Å². The summed E-state index contributed by atoms with van der Waals surface area (Å²) in [7, 11) is -3.94. The molecule has 0 saturated carbocycles.